The number of imide groups is 1. The van der Waals surface area contributed by atoms with Crippen LogP contribution < -0.4 is 10.6 Å². The summed E-state index contributed by atoms with van der Waals surface area (Å²) in [7, 11) is 0. The summed E-state index contributed by atoms with van der Waals surface area (Å²) in [6.45, 7) is 0. The van der Waals surface area contributed by atoms with Gasteiger partial charge in [0.25, 0.3) is 0 Å². The molecule has 0 saturated carbocycles. The highest BCUT2D eigenvalue weighted by Crippen LogP contribution is 1.98. The molecule has 0 spiro atoms. The number of amides is 3. The largest absolute Gasteiger partial charge is 0.341 e. The number of aliphatic hydroxyl groups is 2. The molecule has 0 aliphatic carbocycles. The van der Waals surface area contributed by atoms with Gasteiger partial charge in [0.15, 0.2) is 0 Å². The maximum Gasteiger partial charge on any atom is 0.332 e. The number of carbonyl (C=O) groups excluding carboxylic acids is 2. The third-order valence-electron chi connectivity index (χ3n) is 0.832. The predicted octanol–water partition coefficient (Wildman–Crippen LogP) is -2.54. The molecule has 4 N–H and O–H groups in total. The number of hydrogen-bond donors (Lipinski definition) is 4. The van der Waals surface area contributed by atoms with Crippen LogP contribution in [0.15, 0.2) is 0 Å². The van der Waals surface area contributed by atoms with Gasteiger partial charge in [-0.05, 0) is 0 Å². The Labute approximate surface area is 49.5 Å². The summed E-state index contributed by atoms with van der Waals surface area (Å²) in [5.74, 6) is -3.88. The molecule has 0 aromatic heterocycles. The van der Waals surface area contributed by atoms with E-state index in [4.69, 9.17) is 10.2 Å². The van der Waals surface area contributed by atoms with Gasteiger partial charge in [0.05, 0.1) is 0 Å². The van der Waals surface area contributed by atoms with Crippen molar-refractivity contribution in [2.75, 3.05) is 0 Å². The minimum atomic E-state index is -2.73. The fourth-order valence-corrected chi connectivity index (χ4v) is 0.437. The van der Waals surface area contributed by atoms with Crippen molar-refractivity contribution in [1.29, 1.82) is 0 Å². The molecular formula is C3H4N2O4. The predicted molar refractivity (Wildman–Crippen MR) is 23.8 cm³/mol. The van der Waals surface area contributed by atoms with Crippen LogP contribution in [0.5, 0.6) is 0 Å². The smallest absolute Gasteiger partial charge is 0.332 e. The second-order valence-electron chi connectivity index (χ2n) is 1.58. The van der Waals surface area contributed by atoms with Crippen LogP contribution >= 0.6 is 0 Å². The fraction of sp³-hybridized carbons (Fsp3) is 0.333. The van der Waals surface area contributed by atoms with Crippen molar-refractivity contribution in [1.82, 2.24) is 10.6 Å². The molecule has 6 nitrogen and oxygen atoms in total. The molecule has 1 heterocycles. The molecular weight excluding hydrogens is 128 g/mol. The average Bonchev–Trinajstić information content (AvgIpc) is 1.79. The van der Waals surface area contributed by atoms with Gasteiger partial charge in [-0.25, -0.2) is 4.79 Å². The lowest BCUT2D eigenvalue weighted by atomic mass is 10.5. The Morgan fingerprint density at radius 2 is 1.89 bits per heavy atom. The highest BCUT2D eigenvalue weighted by molar-refractivity contribution is 6.04. The van der Waals surface area contributed by atoms with Crippen LogP contribution in [0.1, 0.15) is 0 Å². The Bertz CT molecular complexity index is 175. The van der Waals surface area contributed by atoms with Gasteiger partial charge < -0.3 is 10.2 Å². The van der Waals surface area contributed by atoms with E-state index in [1.165, 1.54) is 0 Å². The van der Waals surface area contributed by atoms with E-state index >= 15 is 0 Å². The van der Waals surface area contributed by atoms with E-state index in [9.17, 15) is 9.59 Å². The van der Waals surface area contributed by atoms with Crippen molar-refractivity contribution in [2.24, 2.45) is 0 Å². The van der Waals surface area contributed by atoms with Crippen molar-refractivity contribution < 1.29 is 19.8 Å². The van der Waals surface area contributed by atoms with Crippen molar-refractivity contribution in [2.45, 2.75) is 5.91 Å². The molecule has 0 aromatic rings. The molecule has 0 atom stereocenters. The summed E-state index contributed by atoms with van der Waals surface area (Å²) in [5.41, 5.74) is 0. The minimum absolute atomic E-state index is 0.912. The van der Waals surface area contributed by atoms with Gasteiger partial charge in [-0.3, -0.25) is 15.4 Å². The van der Waals surface area contributed by atoms with E-state index in [0.717, 1.165) is 0 Å². The zero-order chi connectivity index (χ0) is 7.07. The van der Waals surface area contributed by atoms with Gasteiger partial charge in [0.1, 0.15) is 0 Å². The van der Waals surface area contributed by atoms with E-state index in [1.807, 2.05) is 0 Å². The van der Waals surface area contributed by atoms with Crippen LogP contribution in [-0.2, 0) is 4.79 Å². The van der Waals surface area contributed by atoms with E-state index in [2.05, 4.69) is 0 Å². The number of rotatable bonds is 0. The van der Waals surface area contributed by atoms with E-state index in [0.29, 0.717) is 0 Å². The van der Waals surface area contributed by atoms with E-state index < -0.39 is 17.8 Å². The number of nitrogens with one attached hydrogen (secondary N) is 2. The molecule has 0 aromatic carbocycles. The normalized spacial score (nSPS) is 23.3. The first-order chi connectivity index (χ1) is 4.02. The van der Waals surface area contributed by atoms with Crippen LogP contribution in [0.2, 0.25) is 0 Å². The second-order valence-corrected chi connectivity index (χ2v) is 1.58. The third kappa shape index (κ3) is 0.843. The standard InChI is InChI=1S/C3H4N2O4/c6-1-3(8,9)5-2(7)4-1/h8-9H,(H2,4,5,6,7). The summed E-state index contributed by atoms with van der Waals surface area (Å²) < 4.78 is 0. The van der Waals surface area contributed by atoms with Crippen LogP contribution in [0, 0.1) is 0 Å². The maximum atomic E-state index is 10.2. The van der Waals surface area contributed by atoms with Crippen LogP contribution in [-0.4, -0.2) is 28.1 Å². The lowest BCUT2D eigenvalue weighted by molar-refractivity contribution is -0.183. The summed E-state index contributed by atoms with van der Waals surface area (Å²) in [6.07, 6.45) is 0. The maximum absolute atomic E-state index is 10.2. The van der Waals surface area contributed by atoms with E-state index in [-0.39, 0.29) is 0 Å². The third-order valence-corrected chi connectivity index (χ3v) is 0.832. The first kappa shape index (κ1) is 5.99. The Balaban J connectivity index is 2.81. The molecule has 0 bridgehead atoms. The molecule has 6 heteroatoms. The molecule has 1 rings (SSSR count). The molecule has 1 aliphatic rings. The van der Waals surface area contributed by atoms with Crippen molar-refractivity contribution in [3.05, 3.63) is 0 Å². The number of carbonyl (C=O) groups is 2. The van der Waals surface area contributed by atoms with Gasteiger partial charge in [0, 0.05) is 0 Å². The second kappa shape index (κ2) is 1.42. The monoisotopic (exact) mass is 132 g/mol. The highest BCUT2D eigenvalue weighted by Gasteiger charge is 2.42. The first-order valence-corrected chi connectivity index (χ1v) is 2.11. The Morgan fingerprint density at radius 3 is 2.00 bits per heavy atom. The molecule has 0 radical (unpaired) electrons. The Morgan fingerprint density at radius 1 is 1.33 bits per heavy atom. The van der Waals surface area contributed by atoms with Gasteiger partial charge in [0.2, 0.25) is 0 Å². The van der Waals surface area contributed by atoms with E-state index in [1.54, 1.807) is 10.6 Å². The molecule has 50 valence electrons. The zero-order valence-corrected chi connectivity index (χ0v) is 4.21. The average molecular weight is 132 g/mol. The molecule has 0 unspecified atom stereocenters. The van der Waals surface area contributed by atoms with Crippen LogP contribution in [0.4, 0.5) is 4.79 Å². The quantitative estimate of drug-likeness (QED) is 0.215. The van der Waals surface area contributed by atoms with Crippen LogP contribution in [0.3, 0.4) is 0 Å². The zero-order valence-electron chi connectivity index (χ0n) is 4.21. The van der Waals surface area contributed by atoms with Gasteiger partial charge in [-0.1, -0.05) is 0 Å². The summed E-state index contributed by atoms with van der Waals surface area (Å²) in [6, 6.07) is -0.912. The SMILES string of the molecule is O=C1NC(=O)C(O)(O)N1. The number of hydrogen-bond acceptors (Lipinski definition) is 4. The van der Waals surface area contributed by atoms with Crippen molar-refractivity contribution in [3.8, 4) is 0 Å². The molecule has 9 heavy (non-hydrogen) atoms. The van der Waals surface area contributed by atoms with Gasteiger partial charge in [-0.2, -0.15) is 0 Å². The first-order valence-electron chi connectivity index (χ1n) is 2.11. The Kier molecular flexibility index (Phi) is 0.948. The highest BCUT2D eigenvalue weighted by atomic mass is 16.5. The summed E-state index contributed by atoms with van der Waals surface area (Å²) >= 11 is 0. The molecule has 1 aliphatic heterocycles. The fourth-order valence-electron chi connectivity index (χ4n) is 0.437. The van der Waals surface area contributed by atoms with Crippen molar-refractivity contribution >= 4 is 11.9 Å². The summed E-state index contributed by atoms with van der Waals surface area (Å²) in [5, 5.41) is 20.1. The minimum Gasteiger partial charge on any atom is -0.341 e. The topological polar surface area (TPSA) is 98.7 Å². The lowest BCUT2D eigenvalue weighted by Crippen LogP contribution is -2.46. The summed E-state index contributed by atoms with van der Waals surface area (Å²) in [4.78, 5) is 20.3. The Hall–Kier alpha value is -1.14. The molecule has 1 saturated heterocycles. The van der Waals surface area contributed by atoms with Gasteiger partial charge >= 0.3 is 17.8 Å². The van der Waals surface area contributed by atoms with Gasteiger partial charge in [-0.15, -0.1) is 0 Å². The van der Waals surface area contributed by atoms with Crippen LogP contribution in [0.25, 0.3) is 0 Å². The lowest BCUT2D eigenvalue weighted by Gasteiger charge is -2.07. The number of urea groups is 1. The van der Waals surface area contributed by atoms with Crippen molar-refractivity contribution in [3.63, 3.8) is 0 Å². The molecule has 1 fully saturated rings. The molecule has 3 amide bonds.